The van der Waals surface area contributed by atoms with Gasteiger partial charge >= 0.3 is 0 Å². The molecule has 0 aliphatic carbocycles. The third-order valence-electron chi connectivity index (χ3n) is 5.64. The summed E-state index contributed by atoms with van der Waals surface area (Å²) < 4.78 is 5.93. The first-order chi connectivity index (χ1) is 12.8. The standard InChI is InChI=1S/C23H23NO3/c1-12(2)15-6-8-16(9-7-15)20-19-21(25)17-10-13(3)14(4)11-18(17)27-22(19)23(26)24(20)5/h6-12,20H,1-5H3. The van der Waals surface area contributed by atoms with Crippen LogP contribution in [0.15, 0.2) is 45.6 Å². The van der Waals surface area contributed by atoms with Crippen LogP contribution < -0.4 is 5.43 Å². The van der Waals surface area contributed by atoms with E-state index in [2.05, 4.69) is 26.0 Å². The Bertz CT molecular complexity index is 1120. The fourth-order valence-electron chi connectivity index (χ4n) is 3.80. The molecule has 1 unspecified atom stereocenters. The summed E-state index contributed by atoms with van der Waals surface area (Å²) in [4.78, 5) is 27.7. The summed E-state index contributed by atoms with van der Waals surface area (Å²) in [7, 11) is 1.72. The van der Waals surface area contributed by atoms with Gasteiger partial charge in [0.15, 0.2) is 5.43 Å². The van der Waals surface area contributed by atoms with Gasteiger partial charge in [0.05, 0.1) is 17.0 Å². The molecular weight excluding hydrogens is 338 g/mol. The molecule has 0 radical (unpaired) electrons. The lowest BCUT2D eigenvalue weighted by atomic mass is 9.95. The van der Waals surface area contributed by atoms with Crippen LogP contribution in [-0.4, -0.2) is 17.9 Å². The summed E-state index contributed by atoms with van der Waals surface area (Å²) in [5, 5.41) is 0.531. The molecule has 4 rings (SSSR count). The number of benzene rings is 2. The lowest BCUT2D eigenvalue weighted by Gasteiger charge is -2.21. The number of hydrogen-bond acceptors (Lipinski definition) is 3. The smallest absolute Gasteiger partial charge is 0.290 e. The maximum absolute atomic E-state index is 13.3. The van der Waals surface area contributed by atoms with Gasteiger partial charge < -0.3 is 9.32 Å². The molecule has 1 aliphatic rings. The van der Waals surface area contributed by atoms with Gasteiger partial charge in [0.1, 0.15) is 5.58 Å². The second-order valence-electron chi connectivity index (χ2n) is 7.75. The Morgan fingerprint density at radius 3 is 2.26 bits per heavy atom. The van der Waals surface area contributed by atoms with Crippen LogP contribution >= 0.6 is 0 Å². The van der Waals surface area contributed by atoms with Crippen molar-refractivity contribution in [2.24, 2.45) is 0 Å². The number of amides is 1. The molecule has 3 aromatic rings. The van der Waals surface area contributed by atoms with Crippen LogP contribution in [0.2, 0.25) is 0 Å². The van der Waals surface area contributed by atoms with Crippen molar-refractivity contribution in [3.8, 4) is 0 Å². The van der Waals surface area contributed by atoms with Gasteiger partial charge in [0.25, 0.3) is 5.91 Å². The van der Waals surface area contributed by atoms with Crippen LogP contribution in [0.3, 0.4) is 0 Å². The van der Waals surface area contributed by atoms with E-state index in [1.165, 1.54) is 5.56 Å². The third-order valence-corrected chi connectivity index (χ3v) is 5.64. The molecule has 27 heavy (non-hydrogen) atoms. The van der Waals surface area contributed by atoms with Gasteiger partial charge in [-0.05, 0) is 54.2 Å². The number of carbonyl (C=O) groups is 1. The first-order valence-electron chi connectivity index (χ1n) is 9.24. The normalized spacial score (nSPS) is 16.4. The summed E-state index contributed by atoms with van der Waals surface area (Å²) in [6.45, 7) is 8.22. The minimum atomic E-state index is -0.420. The number of carbonyl (C=O) groups excluding carboxylic acids is 1. The van der Waals surface area contributed by atoms with Gasteiger partial charge in [-0.3, -0.25) is 9.59 Å². The molecule has 0 saturated carbocycles. The molecule has 138 valence electrons. The van der Waals surface area contributed by atoms with Crippen LogP contribution in [-0.2, 0) is 0 Å². The van der Waals surface area contributed by atoms with Crippen molar-refractivity contribution in [3.63, 3.8) is 0 Å². The molecule has 4 nitrogen and oxygen atoms in total. The van der Waals surface area contributed by atoms with Gasteiger partial charge in [0.2, 0.25) is 5.76 Å². The second kappa shape index (κ2) is 6.08. The zero-order chi connectivity index (χ0) is 19.5. The van der Waals surface area contributed by atoms with E-state index < -0.39 is 6.04 Å². The Morgan fingerprint density at radius 1 is 1.00 bits per heavy atom. The van der Waals surface area contributed by atoms with E-state index in [1.54, 1.807) is 11.9 Å². The van der Waals surface area contributed by atoms with Gasteiger partial charge in [-0.2, -0.15) is 0 Å². The van der Waals surface area contributed by atoms with E-state index in [1.807, 2.05) is 38.1 Å². The number of hydrogen-bond donors (Lipinski definition) is 0. The Hall–Kier alpha value is -2.88. The van der Waals surface area contributed by atoms with Crippen LogP contribution in [0.5, 0.6) is 0 Å². The van der Waals surface area contributed by atoms with Crippen LogP contribution in [0.25, 0.3) is 11.0 Å². The van der Waals surface area contributed by atoms with E-state index in [0.29, 0.717) is 22.5 Å². The highest BCUT2D eigenvalue weighted by Crippen LogP contribution is 2.37. The van der Waals surface area contributed by atoms with Crippen LogP contribution in [0.4, 0.5) is 0 Å². The van der Waals surface area contributed by atoms with Crippen LogP contribution in [0, 0.1) is 13.8 Å². The summed E-state index contributed by atoms with van der Waals surface area (Å²) >= 11 is 0. The molecule has 0 spiro atoms. The number of fused-ring (bicyclic) bond motifs is 2. The number of rotatable bonds is 2. The van der Waals surface area contributed by atoms with Crippen LogP contribution in [0.1, 0.15) is 64.2 Å². The average Bonchev–Trinajstić information content (AvgIpc) is 2.89. The summed E-state index contributed by atoms with van der Waals surface area (Å²) in [6, 6.07) is 11.4. The Balaban J connectivity index is 1.95. The van der Waals surface area contributed by atoms with Crippen molar-refractivity contribution in [3.05, 3.63) is 80.2 Å². The van der Waals surface area contributed by atoms with Crippen molar-refractivity contribution < 1.29 is 9.21 Å². The molecular formula is C23H23NO3. The Kier molecular flexibility index (Phi) is 3.95. The van der Waals surface area contributed by atoms with Gasteiger partial charge in [-0.25, -0.2) is 0 Å². The lowest BCUT2D eigenvalue weighted by molar-refractivity contribution is 0.0771. The molecule has 2 aromatic carbocycles. The van der Waals surface area contributed by atoms with E-state index in [0.717, 1.165) is 16.7 Å². The molecule has 2 heterocycles. The average molecular weight is 361 g/mol. The lowest BCUT2D eigenvalue weighted by Crippen LogP contribution is -2.25. The fraction of sp³-hybridized carbons (Fsp3) is 0.304. The topological polar surface area (TPSA) is 50.5 Å². The molecule has 4 heteroatoms. The van der Waals surface area contributed by atoms with E-state index in [9.17, 15) is 9.59 Å². The Labute approximate surface area is 158 Å². The van der Waals surface area contributed by atoms with Crippen molar-refractivity contribution in [1.82, 2.24) is 4.90 Å². The molecule has 1 amide bonds. The minimum absolute atomic E-state index is 0.120. The Morgan fingerprint density at radius 2 is 1.63 bits per heavy atom. The van der Waals surface area contributed by atoms with Crippen molar-refractivity contribution in [1.29, 1.82) is 0 Å². The van der Waals surface area contributed by atoms with Gasteiger partial charge in [-0.1, -0.05) is 38.1 Å². The number of nitrogens with zero attached hydrogens (tertiary/aromatic N) is 1. The largest absolute Gasteiger partial charge is 0.450 e. The zero-order valence-electron chi connectivity index (χ0n) is 16.3. The van der Waals surface area contributed by atoms with Crippen molar-refractivity contribution in [2.75, 3.05) is 7.05 Å². The molecule has 1 atom stereocenters. The van der Waals surface area contributed by atoms with E-state index in [4.69, 9.17) is 4.42 Å². The quantitative estimate of drug-likeness (QED) is 0.664. The van der Waals surface area contributed by atoms with Crippen molar-refractivity contribution in [2.45, 2.75) is 39.7 Å². The van der Waals surface area contributed by atoms with Gasteiger partial charge in [0, 0.05) is 7.05 Å². The monoisotopic (exact) mass is 361 g/mol. The maximum atomic E-state index is 13.3. The highest BCUT2D eigenvalue weighted by Gasteiger charge is 2.40. The molecule has 1 aromatic heterocycles. The minimum Gasteiger partial charge on any atom is -0.450 e. The third kappa shape index (κ3) is 2.59. The first kappa shape index (κ1) is 17.5. The number of aryl methyl sites for hydroxylation is 2. The van der Waals surface area contributed by atoms with E-state index >= 15 is 0 Å². The predicted octanol–water partition coefficient (Wildman–Crippen LogP) is 4.71. The van der Waals surface area contributed by atoms with E-state index in [-0.39, 0.29) is 17.1 Å². The zero-order valence-corrected chi connectivity index (χ0v) is 16.3. The van der Waals surface area contributed by atoms with Gasteiger partial charge in [-0.15, -0.1) is 0 Å². The highest BCUT2D eigenvalue weighted by atomic mass is 16.3. The molecule has 0 bridgehead atoms. The molecule has 0 N–H and O–H groups in total. The molecule has 1 aliphatic heterocycles. The predicted molar refractivity (Wildman–Crippen MR) is 106 cm³/mol. The summed E-state index contributed by atoms with van der Waals surface area (Å²) in [5.41, 5.74) is 5.00. The van der Waals surface area contributed by atoms with Crippen molar-refractivity contribution >= 4 is 16.9 Å². The summed E-state index contributed by atoms with van der Waals surface area (Å²) in [6.07, 6.45) is 0. The maximum Gasteiger partial charge on any atom is 0.290 e. The highest BCUT2D eigenvalue weighted by molar-refractivity contribution is 5.99. The molecule has 0 fully saturated rings. The SMILES string of the molecule is Cc1cc2oc3c(c(=O)c2cc1C)C(c1ccc(C(C)C)cc1)N(C)C3=O. The second-order valence-corrected chi connectivity index (χ2v) is 7.75. The molecule has 0 saturated heterocycles. The summed E-state index contributed by atoms with van der Waals surface area (Å²) in [5.74, 6) is 0.339. The first-order valence-corrected chi connectivity index (χ1v) is 9.24. The fourth-order valence-corrected chi connectivity index (χ4v) is 3.80.